The molecule has 2 aromatic carbocycles. The molecule has 1 aliphatic rings. The number of carbonyl (C=O) groups excluding carboxylic acids is 1. The molecule has 2 heterocycles. The van der Waals surface area contributed by atoms with E-state index >= 15 is 0 Å². The number of rotatable bonds is 7. The zero-order chi connectivity index (χ0) is 23.0. The number of aromatic hydroxyl groups is 2. The lowest BCUT2D eigenvalue weighted by Gasteiger charge is -2.26. The molecule has 9 heteroatoms. The molecule has 4 rings (SSSR count). The van der Waals surface area contributed by atoms with Gasteiger partial charge in [0, 0.05) is 29.8 Å². The Bertz CT molecular complexity index is 1180. The van der Waals surface area contributed by atoms with Crippen molar-refractivity contribution in [2.45, 2.75) is 19.9 Å². The van der Waals surface area contributed by atoms with Crippen molar-refractivity contribution in [1.29, 1.82) is 0 Å². The number of methoxy groups -OCH3 is 1. The van der Waals surface area contributed by atoms with Gasteiger partial charge in [-0.15, -0.1) is 0 Å². The molecule has 32 heavy (non-hydrogen) atoms. The van der Waals surface area contributed by atoms with Crippen molar-refractivity contribution in [3.63, 3.8) is 0 Å². The van der Waals surface area contributed by atoms with E-state index in [-0.39, 0.29) is 17.4 Å². The van der Waals surface area contributed by atoms with E-state index in [0.717, 1.165) is 11.1 Å². The predicted molar refractivity (Wildman–Crippen MR) is 119 cm³/mol. The van der Waals surface area contributed by atoms with E-state index in [9.17, 15) is 15.0 Å². The van der Waals surface area contributed by atoms with Crippen LogP contribution in [0.2, 0.25) is 5.02 Å². The molecule has 8 nitrogen and oxygen atoms in total. The number of hydrogen-bond donors (Lipinski definition) is 3. The quantitative estimate of drug-likeness (QED) is 0.494. The Hall–Kier alpha value is -3.23. The molecule has 0 aliphatic carbocycles. The molecule has 0 saturated carbocycles. The molecule has 3 N–H and O–H groups in total. The van der Waals surface area contributed by atoms with Gasteiger partial charge in [0.05, 0.1) is 19.3 Å². The summed E-state index contributed by atoms with van der Waals surface area (Å²) in [5, 5.41) is 28.4. The Morgan fingerprint density at radius 3 is 2.72 bits per heavy atom. The molecule has 0 radical (unpaired) electrons. The first-order valence-corrected chi connectivity index (χ1v) is 10.6. The SMILES string of the molecule is CCOc1cc(C2c3c(-c4cc(Cl)c(C)cc4O)n[nH]c3C(=O)N2CCOC)ccc1O. The van der Waals surface area contributed by atoms with Crippen molar-refractivity contribution in [3.8, 4) is 28.5 Å². The molecule has 1 unspecified atom stereocenters. The Labute approximate surface area is 190 Å². The van der Waals surface area contributed by atoms with E-state index in [1.165, 1.54) is 6.07 Å². The summed E-state index contributed by atoms with van der Waals surface area (Å²) in [7, 11) is 1.57. The summed E-state index contributed by atoms with van der Waals surface area (Å²) < 4.78 is 10.8. The summed E-state index contributed by atoms with van der Waals surface area (Å²) >= 11 is 6.32. The largest absolute Gasteiger partial charge is 0.507 e. The van der Waals surface area contributed by atoms with Crippen LogP contribution in [0, 0.1) is 6.92 Å². The molecule has 1 aliphatic heterocycles. The zero-order valence-corrected chi connectivity index (χ0v) is 18.7. The van der Waals surface area contributed by atoms with Crippen molar-refractivity contribution in [1.82, 2.24) is 15.1 Å². The number of aromatic nitrogens is 2. The maximum atomic E-state index is 13.2. The van der Waals surface area contributed by atoms with Gasteiger partial charge in [0.25, 0.3) is 5.91 Å². The lowest BCUT2D eigenvalue weighted by Crippen LogP contribution is -2.32. The van der Waals surface area contributed by atoms with Gasteiger partial charge in [-0.1, -0.05) is 17.7 Å². The van der Waals surface area contributed by atoms with Gasteiger partial charge >= 0.3 is 0 Å². The Morgan fingerprint density at radius 2 is 2.00 bits per heavy atom. The van der Waals surface area contributed by atoms with Crippen LogP contribution < -0.4 is 4.74 Å². The number of nitrogens with zero attached hydrogens (tertiary/aromatic N) is 2. The normalized spacial score (nSPS) is 15.3. The number of amides is 1. The van der Waals surface area contributed by atoms with E-state index in [1.54, 1.807) is 43.2 Å². The van der Waals surface area contributed by atoms with E-state index in [0.29, 0.717) is 53.0 Å². The zero-order valence-electron chi connectivity index (χ0n) is 18.0. The van der Waals surface area contributed by atoms with Crippen molar-refractivity contribution < 1.29 is 24.5 Å². The van der Waals surface area contributed by atoms with Crippen LogP contribution in [0.5, 0.6) is 17.2 Å². The first-order chi connectivity index (χ1) is 15.4. The summed E-state index contributed by atoms with van der Waals surface area (Å²) in [5.74, 6) is 0.121. The van der Waals surface area contributed by atoms with E-state index in [2.05, 4.69) is 10.2 Å². The summed E-state index contributed by atoms with van der Waals surface area (Å²) in [6.07, 6.45) is 0. The number of carbonyl (C=O) groups is 1. The average molecular weight is 458 g/mol. The maximum absolute atomic E-state index is 13.2. The highest BCUT2D eigenvalue weighted by Gasteiger charge is 2.42. The Morgan fingerprint density at radius 1 is 1.22 bits per heavy atom. The number of halogens is 1. The second-order valence-corrected chi connectivity index (χ2v) is 7.94. The van der Waals surface area contributed by atoms with Crippen LogP contribution in [0.4, 0.5) is 0 Å². The summed E-state index contributed by atoms with van der Waals surface area (Å²) in [4.78, 5) is 14.9. The highest BCUT2D eigenvalue weighted by atomic mass is 35.5. The maximum Gasteiger partial charge on any atom is 0.273 e. The number of ether oxygens (including phenoxy) is 2. The van der Waals surface area contributed by atoms with Gasteiger partial charge in [-0.25, -0.2) is 0 Å². The average Bonchev–Trinajstić information content (AvgIpc) is 3.30. The van der Waals surface area contributed by atoms with Gasteiger partial charge < -0.3 is 24.6 Å². The number of benzene rings is 2. The molecule has 0 bridgehead atoms. The van der Waals surface area contributed by atoms with Gasteiger partial charge in [0.2, 0.25) is 0 Å². The first-order valence-electron chi connectivity index (χ1n) is 10.2. The molecule has 0 spiro atoms. The van der Waals surface area contributed by atoms with Crippen LogP contribution in [0.1, 0.15) is 40.1 Å². The lowest BCUT2D eigenvalue weighted by molar-refractivity contribution is 0.0677. The van der Waals surface area contributed by atoms with Crippen molar-refractivity contribution in [3.05, 3.63) is 57.7 Å². The minimum absolute atomic E-state index is 0.0129. The van der Waals surface area contributed by atoms with Crippen LogP contribution in [0.15, 0.2) is 30.3 Å². The molecule has 3 aromatic rings. The third-order valence-corrected chi connectivity index (χ3v) is 5.94. The van der Waals surface area contributed by atoms with Gasteiger partial charge in [-0.2, -0.15) is 5.10 Å². The molecular formula is C23H24ClN3O5. The molecule has 0 saturated heterocycles. The van der Waals surface area contributed by atoms with Crippen LogP contribution in [-0.4, -0.2) is 58.1 Å². The number of aromatic amines is 1. The van der Waals surface area contributed by atoms with Crippen LogP contribution in [0.25, 0.3) is 11.3 Å². The van der Waals surface area contributed by atoms with Gasteiger partial charge in [-0.3, -0.25) is 9.89 Å². The highest BCUT2D eigenvalue weighted by molar-refractivity contribution is 6.31. The number of aryl methyl sites for hydroxylation is 1. The standard InChI is InChI=1S/C23H24ClN3O5/c1-4-32-18-10-13(5-6-16(18)28)22-19-20(14-11-15(24)12(2)9-17(14)29)25-26-21(19)23(30)27(22)7-8-31-3/h5-6,9-11,22,28-29H,4,7-8H2,1-3H3,(H,25,26). The summed E-state index contributed by atoms with van der Waals surface area (Å²) in [5.41, 5.74) is 3.28. The summed E-state index contributed by atoms with van der Waals surface area (Å²) in [6.45, 7) is 4.68. The topological polar surface area (TPSA) is 108 Å². The minimum Gasteiger partial charge on any atom is -0.507 e. The number of fused-ring (bicyclic) bond motifs is 1. The van der Waals surface area contributed by atoms with Gasteiger partial charge in [0.15, 0.2) is 11.5 Å². The molecular weight excluding hydrogens is 434 g/mol. The van der Waals surface area contributed by atoms with Crippen LogP contribution in [-0.2, 0) is 4.74 Å². The fourth-order valence-corrected chi connectivity index (χ4v) is 4.16. The summed E-state index contributed by atoms with van der Waals surface area (Å²) in [6, 6.07) is 7.68. The number of H-pyrrole nitrogens is 1. The van der Waals surface area contributed by atoms with Gasteiger partial charge in [0.1, 0.15) is 17.1 Å². The van der Waals surface area contributed by atoms with E-state index in [4.69, 9.17) is 21.1 Å². The number of hydrogen-bond acceptors (Lipinski definition) is 6. The molecule has 1 atom stereocenters. The Kier molecular flexibility index (Phi) is 5.99. The van der Waals surface area contributed by atoms with Crippen molar-refractivity contribution in [2.75, 3.05) is 26.9 Å². The third kappa shape index (κ3) is 3.65. The number of phenolic OH excluding ortho intramolecular Hbond substituents is 2. The van der Waals surface area contributed by atoms with Gasteiger partial charge in [-0.05, 0) is 49.2 Å². The van der Waals surface area contributed by atoms with Crippen LogP contribution >= 0.6 is 11.6 Å². The molecule has 168 valence electrons. The van der Waals surface area contributed by atoms with Crippen LogP contribution in [0.3, 0.4) is 0 Å². The van der Waals surface area contributed by atoms with Crippen molar-refractivity contribution in [2.24, 2.45) is 0 Å². The second kappa shape index (κ2) is 8.72. The second-order valence-electron chi connectivity index (χ2n) is 7.53. The first kappa shape index (κ1) is 22.0. The monoisotopic (exact) mass is 457 g/mol. The van der Waals surface area contributed by atoms with E-state index in [1.807, 2.05) is 6.92 Å². The number of phenols is 2. The highest BCUT2D eigenvalue weighted by Crippen LogP contribution is 2.46. The third-order valence-electron chi connectivity index (χ3n) is 5.53. The predicted octanol–water partition coefficient (Wildman–Crippen LogP) is 4.04. The number of nitrogens with one attached hydrogen (secondary N) is 1. The lowest BCUT2D eigenvalue weighted by atomic mass is 9.95. The molecule has 1 amide bonds. The van der Waals surface area contributed by atoms with E-state index < -0.39 is 6.04 Å². The fourth-order valence-electron chi connectivity index (χ4n) is 4.00. The Balaban J connectivity index is 1.90. The van der Waals surface area contributed by atoms with Crippen molar-refractivity contribution >= 4 is 17.5 Å². The minimum atomic E-state index is -0.527. The smallest absolute Gasteiger partial charge is 0.273 e. The fraction of sp³-hybridized carbons (Fsp3) is 0.304. The molecule has 1 aromatic heterocycles. The molecule has 0 fully saturated rings.